The van der Waals surface area contributed by atoms with Crippen LogP contribution >= 0.6 is 23.2 Å². The number of hydrogen-bond acceptors (Lipinski definition) is 3. The Morgan fingerprint density at radius 1 is 1.21 bits per heavy atom. The van der Waals surface area contributed by atoms with Crippen molar-refractivity contribution in [2.45, 2.75) is 19.8 Å². The highest BCUT2D eigenvalue weighted by Crippen LogP contribution is 2.33. The fourth-order valence-electron chi connectivity index (χ4n) is 1.72. The third-order valence-electron chi connectivity index (χ3n) is 2.62. The topological polar surface area (TPSA) is 37.8 Å². The molecule has 0 aliphatic heterocycles. The Morgan fingerprint density at radius 2 is 1.95 bits per heavy atom. The number of para-hydroxylation sites is 1. The van der Waals surface area contributed by atoms with E-state index in [1.54, 1.807) is 12.1 Å². The van der Waals surface area contributed by atoms with Crippen LogP contribution in [0.3, 0.4) is 0 Å². The molecule has 0 aliphatic carbocycles. The molecule has 0 saturated heterocycles. The van der Waals surface area contributed by atoms with Crippen LogP contribution in [0.5, 0.6) is 0 Å². The lowest BCUT2D eigenvalue weighted by Gasteiger charge is -2.15. The molecule has 2 aromatic rings. The molecule has 0 fully saturated rings. The van der Waals surface area contributed by atoms with Crippen molar-refractivity contribution < 1.29 is 4.39 Å². The van der Waals surface area contributed by atoms with Crippen molar-refractivity contribution in [3.63, 3.8) is 0 Å². The number of rotatable bonds is 3. The summed E-state index contributed by atoms with van der Waals surface area (Å²) in [5.74, 6) is 0.112. The van der Waals surface area contributed by atoms with Crippen LogP contribution in [0.4, 0.5) is 15.9 Å². The van der Waals surface area contributed by atoms with E-state index >= 15 is 0 Å². The molecular formula is C13H12Cl2FN3. The maximum Gasteiger partial charge on any atom is 0.148 e. The highest BCUT2D eigenvalue weighted by atomic mass is 35.5. The first-order valence-electron chi connectivity index (χ1n) is 5.72. The Labute approximate surface area is 120 Å². The fourth-order valence-corrected chi connectivity index (χ4v) is 2.28. The third-order valence-corrected chi connectivity index (χ3v) is 3.23. The van der Waals surface area contributed by atoms with E-state index in [1.165, 1.54) is 12.4 Å². The van der Waals surface area contributed by atoms with E-state index < -0.39 is 5.82 Å². The summed E-state index contributed by atoms with van der Waals surface area (Å²) in [4.78, 5) is 8.04. The average molecular weight is 300 g/mol. The number of hydrogen-bond donors (Lipinski definition) is 1. The van der Waals surface area contributed by atoms with Crippen molar-refractivity contribution in [1.29, 1.82) is 0 Å². The average Bonchev–Trinajstić information content (AvgIpc) is 2.33. The molecular weight excluding hydrogens is 288 g/mol. The van der Waals surface area contributed by atoms with Gasteiger partial charge in [-0.25, -0.2) is 14.4 Å². The Balaban J connectivity index is 2.47. The van der Waals surface area contributed by atoms with Crippen molar-refractivity contribution in [2.75, 3.05) is 5.32 Å². The summed E-state index contributed by atoms with van der Waals surface area (Å²) in [5, 5.41) is 3.52. The van der Waals surface area contributed by atoms with Gasteiger partial charge in [-0.2, -0.15) is 0 Å². The van der Waals surface area contributed by atoms with Crippen LogP contribution in [0, 0.1) is 5.82 Å². The van der Waals surface area contributed by atoms with Crippen molar-refractivity contribution >= 4 is 34.7 Å². The van der Waals surface area contributed by atoms with E-state index in [0.717, 1.165) is 5.56 Å². The molecule has 0 spiro atoms. The molecule has 3 nitrogen and oxygen atoms in total. The number of anilines is 2. The molecule has 0 saturated carbocycles. The van der Waals surface area contributed by atoms with Gasteiger partial charge in [0.2, 0.25) is 0 Å². The van der Waals surface area contributed by atoms with E-state index in [9.17, 15) is 4.39 Å². The summed E-state index contributed by atoms with van der Waals surface area (Å²) in [6.07, 6.45) is 1.32. The van der Waals surface area contributed by atoms with E-state index in [4.69, 9.17) is 23.2 Å². The molecule has 100 valence electrons. The second kappa shape index (κ2) is 5.72. The van der Waals surface area contributed by atoms with E-state index in [2.05, 4.69) is 15.3 Å². The van der Waals surface area contributed by atoms with Gasteiger partial charge < -0.3 is 5.32 Å². The predicted molar refractivity (Wildman–Crippen MR) is 75.8 cm³/mol. The molecule has 2 rings (SSSR count). The molecule has 1 heterocycles. The van der Waals surface area contributed by atoms with Crippen molar-refractivity contribution in [2.24, 2.45) is 0 Å². The lowest BCUT2D eigenvalue weighted by Crippen LogP contribution is -2.04. The number of nitrogens with zero attached hydrogens (tertiary/aromatic N) is 2. The lowest BCUT2D eigenvalue weighted by molar-refractivity contribution is 0.631. The minimum absolute atomic E-state index is 0.0988. The zero-order valence-electron chi connectivity index (χ0n) is 10.4. The normalized spacial score (nSPS) is 10.8. The van der Waals surface area contributed by atoms with Gasteiger partial charge in [-0.1, -0.05) is 43.1 Å². The van der Waals surface area contributed by atoms with Crippen molar-refractivity contribution in [3.8, 4) is 0 Å². The second-order valence-corrected chi connectivity index (χ2v) is 5.07. The molecule has 1 N–H and O–H groups in total. The number of benzene rings is 1. The van der Waals surface area contributed by atoms with Crippen LogP contribution < -0.4 is 5.32 Å². The number of nitrogens with one attached hydrogen (secondary N) is 1. The van der Waals surface area contributed by atoms with Crippen LogP contribution in [0.15, 0.2) is 24.5 Å². The molecule has 1 aromatic heterocycles. The predicted octanol–water partition coefficient (Wildman–Crippen LogP) is 4.79. The maximum atomic E-state index is 13.7. The standard InChI is InChI=1S/C13H12Cl2FN3/c1-7(2)10-12(15)17-6-18-13(10)19-11-8(14)4-3-5-9(11)16/h3-7H,1-2H3,(H,17,18,19). The monoisotopic (exact) mass is 299 g/mol. The van der Waals surface area contributed by atoms with Gasteiger partial charge in [0.15, 0.2) is 0 Å². The van der Waals surface area contributed by atoms with Crippen LogP contribution in [-0.4, -0.2) is 9.97 Å². The summed E-state index contributed by atoms with van der Waals surface area (Å²) in [6.45, 7) is 3.91. The zero-order chi connectivity index (χ0) is 14.0. The number of halogens is 3. The van der Waals surface area contributed by atoms with Crippen LogP contribution in [0.1, 0.15) is 25.3 Å². The van der Waals surface area contributed by atoms with Gasteiger partial charge in [-0.15, -0.1) is 0 Å². The second-order valence-electron chi connectivity index (χ2n) is 4.30. The summed E-state index contributed by atoms with van der Waals surface area (Å²) in [7, 11) is 0. The molecule has 0 atom stereocenters. The summed E-state index contributed by atoms with van der Waals surface area (Å²) in [6, 6.07) is 4.47. The quantitative estimate of drug-likeness (QED) is 0.828. The summed E-state index contributed by atoms with van der Waals surface area (Å²) < 4.78 is 13.7. The summed E-state index contributed by atoms with van der Waals surface area (Å²) >= 11 is 12.0. The van der Waals surface area contributed by atoms with E-state index in [1.807, 2.05) is 13.8 Å². The first-order valence-corrected chi connectivity index (χ1v) is 6.47. The minimum Gasteiger partial charge on any atom is -0.336 e. The van der Waals surface area contributed by atoms with Gasteiger partial charge in [-0.3, -0.25) is 0 Å². The van der Waals surface area contributed by atoms with Gasteiger partial charge in [0.05, 0.1) is 10.7 Å². The highest BCUT2D eigenvalue weighted by Gasteiger charge is 2.16. The first kappa shape index (κ1) is 14.0. The molecule has 0 bridgehead atoms. The van der Waals surface area contributed by atoms with Gasteiger partial charge in [0.25, 0.3) is 0 Å². The maximum absolute atomic E-state index is 13.7. The highest BCUT2D eigenvalue weighted by molar-refractivity contribution is 6.33. The molecule has 1 aromatic carbocycles. The Bertz CT molecular complexity index is 582. The zero-order valence-corrected chi connectivity index (χ0v) is 11.9. The lowest BCUT2D eigenvalue weighted by atomic mass is 10.1. The minimum atomic E-state index is -0.447. The van der Waals surface area contributed by atoms with Crippen molar-refractivity contribution in [1.82, 2.24) is 9.97 Å². The fraction of sp³-hybridized carbons (Fsp3) is 0.231. The molecule has 6 heteroatoms. The number of aromatic nitrogens is 2. The SMILES string of the molecule is CC(C)c1c(Cl)ncnc1Nc1c(F)cccc1Cl. The van der Waals surface area contributed by atoms with Crippen molar-refractivity contribution in [3.05, 3.63) is 46.1 Å². The largest absolute Gasteiger partial charge is 0.336 e. The van der Waals surface area contributed by atoms with E-state index in [-0.39, 0.29) is 16.6 Å². The van der Waals surface area contributed by atoms with Gasteiger partial charge >= 0.3 is 0 Å². The molecule has 0 radical (unpaired) electrons. The van der Waals surface area contributed by atoms with Gasteiger partial charge in [0.1, 0.15) is 23.1 Å². The molecule has 0 unspecified atom stereocenters. The Morgan fingerprint density at radius 3 is 2.58 bits per heavy atom. The smallest absolute Gasteiger partial charge is 0.148 e. The Hall–Kier alpha value is -1.39. The molecule has 19 heavy (non-hydrogen) atoms. The molecule has 0 amide bonds. The van der Waals surface area contributed by atoms with Crippen LogP contribution in [-0.2, 0) is 0 Å². The van der Waals surface area contributed by atoms with Crippen LogP contribution in [0.2, 0.25) is 10.2 Å². The Kier molecular flexibility index (Phi) is 4.22. The van der Waals surface area contributed by atoms with Gasteiger partial charge in [-0.05, 0) is 18.1 Å². The van der Waals surface area contributed by atoms with E-state index in [0.29, 0.717) is 11.0 Å². The van der Waals surface area contributed by atoms with Gasteiger partial charge in [0, 0.05) is 5.56 Å². The summed E-state index contributed by atoms with van der Waals surface area (Å²) in [5.41, 5.74) is 0.907. The molecule has 0 aliphatic rings. The third kappa shape index (κ3) is 2.96. The van der Waals surface area contributed by atoms with Crippen LogP contribution in [0.25, 0.3) is 0 Å². The first-order chi connectivity index (χ1) is 9.00.